The standard InChI is InChI=1S/C19H23N7O2/c1-13-22-10-15(18(20)23-13)11-26-12-16(24-25-26)6-4-8-21-19(27)14-5-3-7-17(9-14)28-2/h3,5,7,9-10,12H,4,6,8,11H2,1-2H3,(H,21,27)(H2,20,22,23). The van der Waals surface area contributed by atoms with Crippen molar-refractivity contribution in [3.05, 3.63) is 59.3 Å². The van der Waals surface area contributed by atoms with Gasteiger partial charge in [0.2, 0.25) is 0 Å². The summed E-state index contributed by atoms with van der Waals surface area (Å²) in [5.41, 5.74) is 8.13. The molecule has 0 saturated heterocycles. The Morgan fingerprint density at radius 1 is 1.36 bits per heavy atom. The number of anilines is 1. The minimum Gasteiger partial charge on any atom is -0.497 e. The number of nitrogens with two attached hydrogens (primary N) is 1. The molecule has 3 N–H and O–H groups in total. The molecule has 0 aliphatic rings. The number of nitrogen functional groups attached to an aromatic ring is 1. The zero-order valence-corrected chi connectivity index (χ0v) is 15.9. The van der Waals surface area contributed by atoms with E-state index in [1.807, 2.05) is 6.20 Å². The molecular weight excluding hydrogens is 358 g/mol. The van der Waals surface area contributed by atoms with Crippen LogP contribution in [-0.2, 0) is 13.0 Å². The van der Waals surface area contributed by atoms with Gasteiger partial charge in [0.25, 0.3) is 5.91 Å². The van der Waals surface area contributed by atoms with Crippen LogP contribution in [0.2, 0.25) is 0 Å². The van der Waals surface area contributed by atoms with Gasteiger partial charge in [0.1, 0.15) is 17.4 Å². The summed E-state index contributed by atoms with van der Waals surface area (Å²) < 4.78 is 6.84. The van der Waals surface area contributed by atoms with E-state index in [0.29, 0.717) is 42.5 Å². The minimum atomic E-state index is -0.127. The van der Waals surface area contributed by atoms with Crippen molar-refractivity contribution in [2.45, 2.75) is 26.3 Å². The predicted molar refractivity (Wildman–Crippen MR) is 104 cm³/mol. The van der Waals surface area contributed by atoms with Crippen LogP contribution in [0.15, 0.2) is 36.7 Å². The highest BCUT2D eigenvalue weighted by molar-refractivity contribution is 5.94. The molecular formula is C19H23N7O2. The Labute approximate surface area is 162 Å². The van der Waals surface area contributed by atoms with E-state index in [1.54, 1.807) is 49.2 Å². The number of amides is 1. The number of carbonyl (C=O) groups excluding carboxylic acids is 1. The van der Waals surface area contributed by atoms with Gasteiger partial charge in [-0.3, -0.25) is 4.79 Å². The smallest absolute Gasteiger partial charge is 0.251 e. The molecule has 0 aliphatic heterocycles. The zero-order chi connectivity index (χ0) is 19.9. The van der Waals surface area contributed by atoms with Gasteiger partial charge in [0.05, 0.1) is 19.3 Å². The highest BCUT2D eigenvalue weighted by Crippen LogP contribution is 2.12. The lowest BCUT2D eigenvalue weighted by atomic mass is 10.2. The summed E-state index contributed by atoms with van der Waals surface area (Å²) in [5, 5.41) is 11.2. The molecule has 0 bridgehead atoms. The summed E-state index contributed by atoms with van der Waals surface area (Å²) in [6, 6.07) is 7.06. The molecule has 0 fully saturated rings. The van der Waals surface area contributed by atoms with E-state index in [4.69, 9.17) is 10.5 Å². The molecule has 1 aromatic carbocycles. The van der Waals surface area contributed by atoms with Crippen LogP contribution in [-0.4, -0.2) is 44.5 Å². The number of aromatic nitrogens is 5. The minimum absolute atomic E-state index is 0.127. The fraction of sp³-hybridized carbons (Fsp3) is 0.316. The molecule has 2 aromatic heterocycles. The highest BCUT2D eigenvalue weighted by atomic mass is 16.5. The molecule has 0 atom stereocenters. The molecule has 146 valence electrons. The molecule has 9 heteroatoms. The first-order chi connectivity index (χ1) is 13.5. The van der Waals surface area contributed by atoms with Crippen LogP contribution in [0.25, 0.3) is 0 Å². The normalized spacial score (nSPS) is 10.6. The molecule has 2 heterocycles. The number of methoxy groups -OCH3 is 1. The van der Waals surface area contributed by atoms with Crippen molar-refractivity contribution < 1.29 is 9.53 Å². The van der Waals surface area contributed by atoms with Gasteiger partial charge in [-0.1, -0.05) is 11.3 Å². The van der Waals surface area contributed by atoms with Crippen LogP contribution >= 0.6 is 0 Å². The summed E-state index contributed by atoms with van der Waals surface area (Å²) in [4.78, 5) is 20.5. The number of rotatable bonds is 8. The first-order valence-corrected chi connectivity index (χ1v) is 8.94. The maximum Gasteiger partial charge on any atom is 0.251 e. The molecule has 0 radical (unpaired) electrons. The lowest BCUT2D eigenvalue weighted by Gasteiger charge is -2.06. The van der Waals surface area contributed by atoms with Crippen LogP contribution in [0.5, 0.6) is 5.75 Å². The number of carbonyl (C=O) groups is 1. The van der Waals surface area contributed by atoms with Crippen LogP contribution < -0.4 is 15.8 Å². The van der Waals surface area contributed by atoms with E-state index >= 15 is 0 Å². The first kappa shape index (κ1) is 19.3. The Hall–Kier alpha value is -3.49. The topological polar surface area (TPSA) is 121 Å². The van der Waals surface area contributed by atoms with Gasteiger partial charge in [-0.15, -0.1) is 5.10 Å². The molecule has 3 aromatic rings. The summed E-state index contributed by atoms with van der Waals surface area (Å²) >= 11 is 0. The van der Waals surface area contributed by atoms with Crippen LogP contribution in [0.1, 0.15) is 33.9 Å². The zero-order valence-electron chi connectivity index (χ0n) is 15.9. The average Bonchev–Trinajstić information content (AvgIpc) is 3.14. The largest absolute Gasteiger partial charge is 0.497 e. The van der Waals surface area contributed by atoms with E-state index in [0.717, 1.165) is 17.7 Å². The molecule has 9 nitrogen and oxygen atoms in total. The third-order valence-electron chi connectivity index (χ3n) is 4.16. The SMILES string of the molecule is COc1cccc(C(=O)NCCCc2cn(Cc3cnc(C)nc3N)nn2)c1. The van der Waals surface area contributed by atoms with Gasteiger partial charge in [0, 0.05) is 30.1 Å². The van der Waals surface area contributed by atoms with E-state index < -0.39 is 0 Å². The molecule has 0 saturated carbocycles. The number of hydrogen-bond acceptors (Lipinski definition) is 7. The number of nitrogens with one attached hydrogen (secondary N) is 1. The summed E-state index contributed by atoms with van der Waals surface area (Å²) in [6.07, 6.45) is 5.03. The van der Waals surface area contributed by atoms with E-state index in [-0.39, 0.29) is 5.91 Å². The Kier molecular flexibility index (Phi) is 6.15. The van der Waals surface area contributed by atoms with Crippen molar-refractivity contribution in [1.29, 1.82) is 0 Å². The lowest BCUT2D eigenvalue weighted by Crippen LogP contribution is -2.24. The van der Waals surface area contributed by atoms with Gasteiger partial charge in [-0.05, 0) is 38.0 Å². The van der Waals surface area contributed by atoms with Gasteiger partial charge < -0.3 is 15.8 Å². The van der Waals surface area contributed by atoms with Crippen LogP contribution in [0.3, 0.4) is 0 Å². The summed E-state index contributed by atoms with van der Waals surface area (Å²) in [7, 11) is 1.57. The fourth-order valence-electron chi connectivity index (χ4n) is 2.68. The van der Waals surface area contributed by atoms with Crippen molar-refractivity contribution in [1.82, 2.24) is 30.3 Å². The van der Waals surface area contributed by atoms with Gasteiger partial charge >= 0.3 is 0 Å². The molecule has 0 unspecified atom stereocenters. The van der Waals surface area contributed by atoms with Crippen molar-refractivity contribution in [2.24, 2.45) is 0 Å². The summed E-state index contributed by atoms with van der Waals surface area (Å²) in [5.74, 6) is 1.61. The number of hydrogen-bond donors (Lipinski definition) is 2. The second kappa shape index (κ2) is 8.94. The molecule has 0 aliphatic carbocycles. The van der Waals surface area contributed by atoms with Crippen molar-refractivity contribution in [2.75, 3.05) is 19.4 Å². The molecule has 3 rings (SSSR count). The van der Waals surface area contributed by atoms with Gasteiger partial charge in [-0.2, -0.15) is 0 Å². The summed E-state index contributed by atoms with van der Waals surface area (Å²) in [6.45, 7) is 2.80. The fourth-order valence-corrected chi connectivity index (χ4v) is 2.68. The lowest BCUT2D eigenvalue weighted by molar-refractivity contribution is 0.0953. The van der Waals surface area contributed by atoms with Crippen molar-refractivity contribution in [3.8, 4) is 5.75 Å². The Balaban J connectivity index is 1.46. The number of benzene rings is 1. The second-order valence-electron chi connectivity index (χ2n) is 6.33. The molecule has 1 amide bonds. The van der Waals surface area contributed by atoms with Crippen molar-refractivity contribution >= 4 is 11.7 Å². The van der Waals surface area contributed by atoms with Crippen molar-refractivity contribution in [3.63, 3.8) is 0 Å². The van der Waals surface area contributed by atoms with E-state index in [9.17, 15) is 4.79 Å². The van der Waals surface area contributed by atoms with E-state index in [2.05, 4.69) is 25.6 Å². The number of nitrogens with zero attached hydrogens (tertiary/aromatic N) is 5. The highest BCUT2D eigenvalue weighted by Gasteiger charge is 2.08. The third kappa shape index (κ3) is 5.03. The van der Waals surface area contributed by atoms with Gasteiger partial charge in [0.15, 0.2) is 0 Å². The molecule has 28 heavy (non-hydrogen) atoms. The second-order valence-corrected chi connectivity index (χ2v) is 6.33. The monoisotopic (exact) mass is 381 g/mol. The van der Waals surface area contributed by atoms with E-state index in [1.165, 1.54) is 0 Å². The molecule has 0 spiro atoms. The van der Waals surface area contributed by atoms with Crippen LogP contribution in [0.4, 0.5) is 5.82 Å². The number of ether oxygens (including phenoxy) is 1. The quantitative estimate of drug-likeness (QED) is 0.565. The Bertz CT molecular complexity index is 955. The Morgan fingerprint density at radius 2 is 2.21 bits per heavy atom. The maximum atomic E-state index is 12.2. The third-order valence-corrected chi connectivity index (χ3v) is 4.16. The maximum absolute atomic E-state index is 12.2. The first-order valence-electron chi connectivity index (χ1n) is 8.94. The van der Waals surface area contributed by atoms with Crippen LogP contribution in [0, 0.1) is 6.92 Å². The number of aryl methyl sites for hydroxylation is 2. The van der Waals surface area contributed by atoms with Gasteiger partial charge in [-0.25, -0.2) is 14.6 Å². The average molecular weight is 381 g/mol. The predicted octanol–water partition coefficient (Wildman–Crippen LogP) is 1.38. The Morgan fingerprint density at radius 3 is 3.00 bits per heavy atom.